The van der Waals surface area contributed by atoms with E-state index in [-0.39, 0.29) is 5.91 Å². The number of nitrogens with zero attached hydrogens (tertiary/aromatic N) is 1. The fourth-order valence-electron chi connectivity index (χ4n) is 1.05. The molecule has 1 aromatic rings. The number of thiophene rings is 1. The van der Waals surface area contributed by atoms with Gasteiger partial charge in [0.25, 0.3) is 0 Å². The molecule has 0 saturated heterocycles. The summed E-state index contributed by atoms with van der Waals surface area (Å²) in [7, 11) is 1.79. The molecule has 0 aliphatic rings. The fraction of sp³-hybridized carbons (Fsp3) is 0.444. The van der Waals surface area contributed by atoms with Crippen molar-refractivity contribution in [3.8, 4) is 0 Å². The molecule has 0 saturated carbocycles. The highest BCUT2D eigenvalue weighted by atomic mass is 35.5. The zero-order valence-corrected chi connectivity index (χ0v) is 10.3. The van der Waals surface area contributed by atoms with E-state index in [2.05, 4.69) is 12.6 Å². The van der Waals surface area contributed by atoms with Crippen molar-refractivity contribution < 1.29 is 4.79 Å². The summed E-state index contributed by atoms with van der Waals surface area (Å²) < 4.78 is 0.759. The van der Waals surface area contributed by atoms with Gasteiger partial charge in [0.05, 0.1) is 10.9 Å². The zero-order chi connectivity index (χ0) is 10.6. The average molecular weight is 250 g/mol. The van der Waals surface area contributed by atoms with Gasteiger partial charge in [-0.2, -0.15) is 12.6 Å². The minimum atomic E-state index is 0.115. The highest BCUT2D eigenvalue weighted by molar-refractivity contribution is 7.80. The summed E-state index contributed by atoms with van der Waals surface area (Å²) in [6, 6.07) is 3.79. The summed E-state index contributed by atoms with van der Waals surface area (Å²) in [6.45, 7) is 0.629. The van der Waals surface area contributed by atoms with Crippen molar-refractivity contribution in [2.45, 2.75) is 13.0 Å². The number of hydrogen-bond donors (Lipinski definition) is 1. The Labute approximate surface area is 98.3 Å². The number of halogens is 1. The largest absolute Gasteiger partial charge is 0.341 e. The monoisotopic (exact) mass is 249 g/mol. The van der Waals surface area contributed by atoms with Gasteiger partial charge in [-0.25, -0.2) is 0 Å². The minimum Gasteiger partial charge on any atom is -0.341 e. The van der Waals surface area contributed by atoms with Crippen LogP contribution in [0.1, 0.15) is 11.3 Å². The van der Waals surface area contributed by atoms with Crippen molar-refractivity contribution >= 4 is 41.5 Å². The van der Waals surface area contributed by atoms with Crippen LogP contribution in [-0.4, -0.2) is 23.6 Å². The van der Waals surface area contributed by atoms with E-state index in [4.69, 9.17) is 11.6 Å². The van der Waals surface area contributed by atoms with E-state index in [1.807, 2.05) is 12.1 Å². The molecule has 1 aromatic heterocycles. The lowest BCUT2D eigenvalue weighted by molar-refractivity contribution is -0.129. The predicted molar refractivity (Wildman–Crippen MR) is 64.3 cm³/mol. The van der Waals surface area contributed by atoms with Crippen molar-refractivity contribution in [3.63, 3.8) is 0 Å². The van der Waals surface area contributed by atoms with Crippen LogP contribution in [-0.2, 0) is 11.3 Å². The molecule has 14 heavy (non-hydrogen) atoms. The third kappa shape index (κ3) is 3.52. The molecule has 0 aliphatic carbocycles. The molecule has 0 bridgehead atoms. The molecule has 0 aromatic carbocycles. The fourth-order valence-corrected chi connectivity index (χ4v) is 2.38. The van der Waals surface area contributed by atoms with Crippen LogP contribution in [0.25, 0.3) is 0 Å². The maximum absolute atomic E-state index is 11.4. The normalized spacial score (nSPS) is 10.2. The van der Waals surface area contributed by atoms with Crippen LogP contribution < -0.4 is 0 Å². The summed E-state index contributed by atoms with van der Waals surface area (Å²) >= 11 is 11.3. The highest BCUT2D eigenvalue weighted by Gasteiger charge is 2.08. The molecule has 0 unspecified atom stereocenters. The number of amides is 1. The molecule has 5 heteroatoms. The van der Waals surface area contributed by atoms with Gasteiger partial charge in [0.15, 0.2) is 0 Å². The summed E-state index contributed by atoms with van der Waals surface area (Å²) in [4.78, 5) is 14.2. The summed E-state index contributed by atoms with van der Waals surface area (Å²) in [5, 5.41) is 0. The van der Waals surface area contributed by atoms with Gasteiger partial charge in [0.1, 0.15) is 0 Å². The van der Waals surface area contributed by atoms with Gasteiger partial charge in [-0.15, -0.1) is 11.3 Å². The first kappa shape index (κ1) is 11.9. The van der Waals surface area contributed by atoms with E-state index in [0.29, 0.717) is 18.7 Å². The summed E-state index contributed by atoms with van der Waals surface area (Å²) in [5.74, 6) is 0.707. The Morgan fingerprint density at radius 3 is 2.86 bits per heavy atom. The lowest BCUT2D eigenvalue weighted by Crippen LogP contribution is -2.25. The third-order valence-corrected chi connectivity index (χ3v) is 3.21. The molecule has 0 atom stereocenters. The van der Waals surface area contributed by atoms with E-state index in [0.717, 1.165) is 9.21 Å². The van der Waals surface area contributed by atoms with E-state index >= 15 is 0 Å². The molecule has 0 spiro atoms. The van der Waals surface area contributed by atoms with Crippen LogP contribution in [0.4, 0.5) is 0 Å². The maximum atomic E-state index is 11.4. The van der Waals surface area contributed by atoms with Crippen LogP contribution in [0, 0.1) is 0 Å². The molecular formula is C9H12ClNOS2. The summed E-state index contributed by atoms with van der Waals surface area (Å²) in [6.07, 6.45) is 0.485. The Morgan fingerprint density at radius 1 is 1.64 bits per heavy atom. The van der Waals surface area contributed by atoms with Gasteiger partial charge in [0, 0.05) is 18.3 Å². The van der Waals surface area contributed by atoms with Crippen molar-refractivity contribution in [1.82, 2.24) is 4.90 Å². The van der Waals surface area contributed by atoms with Gasteiger partial charge in [-0.05, 0) is 17.9 Å². The Bertz CT molecular complexity index is 314. The Balaban J connectivity index is 2.48. The number of hydrogen-bond acceptors (Lipinski definition) is 3. The van der Waals surface area contributed by atoms with Gasteiger partial charge in [-0.1, -0.05) is 11.6 Å². The van der Waals surface area contributed by atoms with Crippen molar-refractivity contribution in [3.05, 3.63) is 21.3 Å². The highest BCUT2D eigenvalue weighted by Crippen LogP contribution is 2.22. The van der Waals surface area contributed by atoms with E-state index in [1.165, 1.54) is 11.3 Å². The molecule has 1 rings (SSSR count). The Hall–Kier alpha value is -0.190. The smallest absolute Gasteiger partial charge is 0.223 e. The van der Waals surface area contributed by atoms with E-state index in [1.54, 1.807) is 11.9 Å². The van der Waals surface area contributed by atoms with Crippen molar-refractivity contribution in [2.75, 3.05) is 12.8 Å². The molecule has 78 valence electrons. The number of thiol groups is 1. The predicted octanol–water partition coefficient (Wildman–Crippen LogP) is 2.68. The molecule has 1 heterocycles. The molecule has 2 nitrogen and oxygen atoms in total. The van der Waals surface area contributed by atoms with Crippen LogP contribution in [0.5, 0.6) is 0 Å². The lowest BCUT2D eigenvalue weighted by atomic mass is 10.4. The van der Waals surface area contributed by atoms with E-state index < -0.39 is 0 Å². The van der Waals surface area contributed by atoms with Gasteiger partial charge < -0.3 is 4.90 Å². The van der Waals surface area contributed by atoms with Gasteiger partial charge in [-0.3, -0.25) is 4.79 Å². The topological polar surface area (TPSA) is 20.3 Å². The second-order valence-electron chi connectivity index (χ2n) is 2.93. The summed E-state index contributed by atoms with van der Waals surface area (Å²) in [5.41, 5.74) is 0. The average Bonchev–Trinajstić information content (AvgIpc) is 2.51. The maximum Gasteiger partial charge on any atom is 0.223 e. The van der Waals surface area contributed by atoms with Gasteiger partial charge >= 0.3 is 0 Å². The quantitative estimate of drug-likeness (QED) is 0.814. The second-order valence-corrected chi connectivity index (χ2v) is 5.18. The van der Waals surface area contributed by atoms with Crippen LogP contribution >= 0.6 is 35.6 Å². The van der Waals surface area contributed by atoms with Crippen LogP contribution in [0.3, 0.4) is 0 Å². The third-order valence-electron chi connectivity index (χ3n) is 1.77. The molecule has 0 radical (unpaired) electrons. The number of carbonyl (C=O) groups excluding carboxylic acids is 1. The van der Waals surface area contributed by atoms with Gasteiger partial charge in [0.2, 0.25) is 5.91 Å². The van der Waals surface area contributed by atoms with Crippen LogP contribution in [0.15, 0.2) is 12.1 Å². The Morgan fingerprint density at radius 2 is 2.36 bits per heavy atom. The number of carbonyl (C=O) groups is 1. The first-order valence-corrected chi connectivity index (χ1v) is 6.05. The molecular weight excluding hydrogens is 238 g/mol. The second kappa shape index (κ2) is 5.63. The molecule has 0 aliphatic heterocycles. The van der Waals surface area contributed by atoms with Crippen molar-refractivity contribution in [2.24, 2.45) is 0 Å². The molecule has 0 fully saturated rings. The first-order chi connectivity index (χ1) is 6.63. The minimum absolute atomic E-state index is 0.115. The number of rotatable bonds is 4. The molecule has 1 amide bonds. The van der Waals surface area contributed by atoms with E-state index in [9.17, 15) is 4.79 Å². The molecule has 0 N–H and O–H groups in total. The first-order valence-electron chi connectivity index (χ1n) is 4.22. The lowest BCUT2D eigenvalue weighted by Gasteiger charge is -2.15. The standard InChI is InChI=1S/C9H12ClNOS2/c1-11(9(12)4-5-13)6-7-2-3-8(10)14-7/h2-3,13H,4-6H2,1H3. The zero-order valence-electron chi connectivity index (χ0n) is 7.86. The SMILES string of the molecule is CN(Cc1ccc(Cl)s1)C(=O)CCS. The van der Waals surface area contributed by atoms with Crippen molar-refractivity contribution in [1.29, 1.82) is 0 Å². The Kier molecular flexibility index (Phi) is 4.78. The van der Waals surface area contributed by atoms with Crippen LogP contribution in [0.2, 0.25) is 4.34 Å².